The number of hydrogen-bond donors (Lipinski definition) is 2. The Morgan fingerprint density at radius 3 is 2.64 bits per heavy atom. The summed E-state index contributed by atoms with van der Waals surface area (Å²) in [5.74, 6) is -0.295. The fraction of sp³-hybridized carbons (Fsp3) is 0.524. The van der Waals surface area contributed by atoms with Gasteiger partial charge in [0.2, 0.25) is 16.9 Å². The van der Waals surface area contributed by atoms with Gasteiger partial charge in [0.05, 0.1) is 0 Å². The number of benzene rings is 1. The third-order valence-electron chi connectivity index (χ3n) is 4.74. The van der Waals surface area contributed by atoms with Gasteiger partial charge in [-0.25, -0.2) is 0 Å². The molecule has 0 aliphatic heterocycles. The van der Waals surface area contributed by atoms with Crippen LogP contribution in [0.25, 0.3) is 10.6 Å². The highest BCUT2D eigenvalue weighted by molar-refractivity contribution is 7.18. The molecule has 1 aromatic carbocycles. The van der Waals surface area contributed by atoms with Gasteiger partial charge in [0.25, 0.3) is 0 Å². The van der Waals surface area contributed by atoms with E-state index in [4.69, 9.17) is 0 Å². The van der Waals surface area contributed by atoms with E-state index in [2.05, 4.69) is 27.8 Å². The molecule has 6 nitrogen and oxygen atoms in total. The third-order valence-corrected chi connectivity index (χ3v) is 5.63. The van der Waals surface area contributed by atoms with Gasteiger partial charge >= 0.3 is 0 Å². The topological polar surface area (TPSA) is 84.0 Å². The minimum atomic E-state index is -0.578. The van der Waals surface area contributed by atoms with E-state index in [1.54, 1.807) is 0 Å². The van der Waals surface area contributed by atoms with Crippen molar-refractivity contribution < 1.29 is 9.59 Å². The lowest BCUT2D eigenvalue weighted by atomic mass is 9.98. The number of unbranched alkanes of at least 4 members (excludes halogenated alkanes) is 2. The lowest BCUT2D eigenvalue weighted by molar-refractivity contribution is -0.127. The van der Waals surface area contributed by atoms with Crippen molar-refractivity contribution in [2.24, 2.45) is 5.92 Å². The minimum absolute atomic E-state index is 0.0271. The second-order valence-corrected chi connectivity index (χ2v) is 8.14. The molecule has 0 aliphatic carbocycles. The molecule has 2 atom stereocenters. The summed E-state index contributed by atoms with van der Waals surface area (Å²) in [4.78, 5) is 25.0. The molecule has 0 saturated heterocycles. The first kappa shape index (κ1) is 22.0. The van der Waals surface area contributed by atoms with Crippen LogP contribution in [0.3, 0.4) is 0 Å². The molecule has 1 aromatic heterocycles. The van der Waals surface area contributed by atoms with Crippen LogP contribution in [-0.2, 0) is 9.59 Å². The highest BCUT2D eigenvalue weighted by Gasteiger charge is 2.26. The third kappa shape index (κ3) is 6.41. The molecule has 0 bridgehead atoms. The fourth-order valence-corrected chi connectivity index (χ4v) is 3.58. The second kappa shape index (κ2) is 10.9. The number of nitrogens with zero attached hydrogens (tertiary/aromatic N) is 2. The van der Waals surface area contributed by atoms with E-state index in [9.17, 15) is 9.59 Å². The SMILES string of the molecule is CCCCCC(=O)N[C@@H](C(=O)Nc1nnc(-c2cccc(C)c2)s1)[C@@H](C)CC. The zero-order valence-electron chi connectivity index (χ0n) is 17.1. The summed E-state index contributed by atoms with van der Waals surface area (Å²) in [5.41, 5.74) is 2.11. The Bertz CT molecular complexity index is 790. The van der Waals surface area contributed by atoms with Crippen molar-refractivity contribution >= 4 is 28.3 Å². The maximum atomic E-state index is 12.8. The minimum Gasteiger partial charge on any atom is -0.344 e. The van der Waals surface area contributed by atoms with Gasteiger partial charge in [-0.15, -0.1) is 10.2 Å². The molecule has 152 valence electrons. The lowest BCUT2D eigenvalue weighted by Crippen LogP contribution is -2.47. The largest absolute Gasteiger partial charge is 0.344 e. The second-order valence-electron chi connectivity index (χ2n) is 7.16. The van der Waals surface area contributed by atoms with Crippen LogP contribution in [-0.4, -0.2) is 28.1 Å². The number of rotatable bonds is 10. The van der Waals surface area contributed by atoms with Crippen LogP contribution in [0.4, 0.5) is 5.13 Å². The molecule has 2 aromatic rings. The average Bonchev–Trinajstić information content (AvgIpc) is 3.14. The van der Waals surface area contributed by atoms with Crippen molar-refractivity contribution in [1.29, 1.82) is 0 Å². The molecule has 0 saturated carbocycles. The Labute approximate surface area is 171 Å². The summed E-state index contributed by atoms with van der Waals surface area (Å²) in [7, 11) is 0. The first-order valence-corrected chi connectivity index (χ1v) is 10.8. The van der Waals surface area contributed by atoms with Gasteiger partial charge in [0, 0.05) is 12.0 Å². The smallest absolute Gasteiger partial charge is 0.249 e. The van der Waals surface area contributed by atoms with Gasteiger partial charge in [-0.05, 0) is 25.3 Å². The van der Waals surface area contributed by atoms with Gasteiger partial charge in [0.15, 0.2) is 0 Å². The van der Waals surface area contributed by atoms with Crippen molar-refractivity contribution in [3.05, 3.63) is 29.8 Å². The number of aromatic nitrogens is 2. The van der Waals surface area contributed by atoms with Crippen molar-refractivity contribution in [2.75, 3.05) is 5.32 Å². The number of amides is 2. The number of carbonyl (C=O) groups excluding carboxylic acids is 2. The molecule has 1 heterocycles. The lowest BCUT2D eigenvalue weighted by Gasteiger charge is -2.23. The Morgan fingerprint density at radius 2 is 1.96 bits per heavy atom. The van der Waals surface area contributed by atoms with E-state index < -0.39 is 6.04 Å². The number of nitrogens with one attached hydrogen (secondary N) is 2. The molecule has 0 unspecified atom stereocenters. The normalized spacial score (nSPS) is 13.0. The molecule has 0 fully saturated rings. The van der Waals surface area contributed by atoms with Crippen LogP contribution < -0.4 is 10.6 Å². The molecule has 0 radical (unpaired) electrons. The summed E-state index contributed by atoms with van der Waals surface area (Å²) < 4.78 is 0. The summed E-state index contributed by atoms with van der Waals surface area (Å²) in [6.07, 6.45) is 4.15. The van der Waals surface area contributed by atoms with Gasteiger partial charge in [0.1, 0.15) is 11.0 Å². The quantitative estimate of drug-likeness (QED) is 0.571. The van der Waals surface area contributed by atoms with Crippen molar-refractivity contribution in [3.8, 4) is 10.6 Å². The number of carbonyl (C=O) groups is 2. The van der Waals surface area contributed by atoms with Crippen LogP contribution in [0.15, 0.2) is 24.3 Å². The van der Waals surface area contributed by atoms with E-state index in [0.29, 0.717) is 11.6 Å². The predicted molar refractivity (Wildman–Crippen MR) is 114 cm³/mol. The van der Waals surface area contributed by atoms with Crippen LogP contribution in [0, 0.1) is 12.8 Å². The van der Waals surface area contributed by atoms with Crippen molar-refractivity contribution in [1.82, 2.24) is 15.5 Å². The van der Waals surface area contributed by atoms with Crippen molar-refractivity contribution in [3.63, 3.8) is 0 Å². The molecule has 2 N–H and O–H groups in total. The van der Waals surface area contributed by atoms with Crippen LogP contribution in [0.2, 0.25) is 0 Å². The van der Waals surface area contributed by atoms with Crippen LogP contribution in [0.5, 0.6) is 0 Å². The number of hydrogen-bond acceptors (Lipinski definition) is 5. The van der Waals surface area contributed by atoms with E-state index in [1.807, 2.05) is 45.0 Å². The van der Waals surface area contributed by atoms with Crippen molar-refractivity contribution in [2.45, 2.75) is 65.8 Å². The van der Waals surface area contributed by atoms with E-state index in [1.165, 1.54) is 11.3 Å². The van der Waals surface area contributed by atoms with E-state index in [0.717, 1.165) is 41.8 Å². The van der Waals surface area contributed by atoms with Gasteiger partial charge < -0.3 is 5.32 Å². The summed E-state index contributed by atoms with van der Waals surface area (Å²) in [6.45, 7) is 8.09. The monoisotopic (exact) mass is 402 g/mol. The molecule has 7 heteroatoms. The zero-order valence-corrected chi connectivity index (χ0v) is 17.9. The fourth-order valence-electron chi connectivity index (χ4n) is 2.83. The van der Waals surface area contributed by atoms with Gasteiger partial charge in [-0.2, -0.15) is 0 Å². The average molecular weight is 403 g/mol. The zero-order chi connectivity index (χ0) is 20.5. The number of anilines is 1. The molecule has 2 rings (SSSR count). The van der Waals surface area contributed by atoms with Crippen LogP contribution in [0.1, 0.15) is 58.4 Å². The van der Waals surface area contributed by atoms with Gasteiger partial charge in [-0.1, -0.05) is 75.1 Å². The Hall–Kier alpha value is -2.28. The standard InChI is InChI=1S/C21H30N4O2S/c1-5-7-8-12-17(26)22-18(15(4)6-2)19(27)23-21-25-24-20(28-21)16-11-9-10-14(3)13-16/h9-11,13,15,18H,5-8,12H2,1-4H3,(H,22,26)(H,23,25,27)/t15-,18+/m0/s1. The highest BCUT2D eigenvalue weighted by atomic mass is 32.1. The maximum absolute atomic E-state index is 12.8. The molecule has 28 heavy (non-hydrogen) atoms. The van der Waals surface area contributed by atoms with E-state index >= 15 is 0 Å². The highest BCUT2D eigenvalue weighted by Crippen LogP contribution is 2.27. The van der Waals surface area contributed by atoms with Crippen LogP contribution >= 0.6 is 11.3 Å². The first-order valence-electron chi connectivity index (χ1n) is 9.95. The first-order chi connectivity index (χ1) is 13.4. The predicted octanol–water partition coefficient (Wildman–Crippen LogP) is 4.56. The molecular formula is C21H30N4O2S. The molecule has 0 aliphatic rings. The number of aryl methyl sites for hydroxylation is 1. The summed E-state index contributed by atoms with van der Waals surface area (Å²) in [5, 5.41) is 15.2. The maximum Gasteiger partial charge on any atom is 0.249 e. The Balaban J connectivity index is 2.03. The Morgan fingerprint density at radius 1 is 1.18 bits per heavy atom. The van der Waals surface area contributed by atoms with E-state index in [-0.39, 0.29) is 17.7 Å². The molecule has 2 amide bonds. The molecular weight excluding hydrogens is 372 g/mol. The Kier molecular flexibility index (Phi) is 8.57. The van der Waals surface area contributed by atoms with Gasteiger partial charge in [-0.3, -0.25) is 14.9 Å². The summed E-state index contributed by atoms with van der Waals surface area (Å²) >= 11 is 1.33. The molecule has 0 spiro atoms. The summed E-state index contributed by atoms with van der Waals surface area (Å²) in [6, 6.07) is 7.41.